The maximum Gasteiger partial charge on any atom is 0.472 e. The van der Waals surface area contributed by atoms with E-state index in [0.29, 0.717) is 6.42 Å². The van der Waals surface area contributed by atoms with Gasteiger partial charge in [-0.05, 0) is 12.8 Å². The van der Waals surface area contributed by atoms with Gasteiger partial charge in [-0.1, -0.05) is 200 Å². The summed E-state index contributed by atoms with van der Waals surface area (Å²) in [4.78, 5) is 33.7. The summed E-state index contributed by atoms with van der Waals surface area (Å²) in [5, 5.41) is 12.6. The highest BCUT2D eigenvalue weighted by Gasteiger charge is 2.23. The third-order valence-electron chi connectivity index (χ3n) is 9.79. The van der Waals surface area contributed by atoms with Gasteiger partial charge in [-0.3, -0.25) is 18.6 Å². The number of rotatable bonds is 42. The van der Waals surface area contributed by atoms with Crippen molar-refractivity contribution in [2.45, 2.75) is 232 Å². The number of hydrogen-bond donors (Lipinski definition) is 3. The van der Waals surface area contributed by atoms with E-state index in [1.54, 1.807) is 0 Å². The lowest BCUT2D eigenvalue weighted by molar-refractivity contribution is -0.147. The van der Waals surface area contributed by atoms with Crippen molar-refractivity contribution in [3.8, 4) is 0 Å². The second-order valence-electron chi connectivity index (χ2n) is 15.0. The van der Waals surface area contributed by atoms with Crippen LogP contribution in [0.2, 0.25) is 0 Å². The molecule has 0 rings (SSSR count). The number of phosphoric acid groups is 1. The molecule has 0 fully saturated rings. The number of carbonyl (C=O) groups is 2. The number of aliphatic hydroxyl groups excluding tert-OH is 1. The fourth-order valence-corrected chi connectivity index (χ4v) is 7.20. The van der Waals surface area contributed by atoms with Crippen molar-refractivity contribution in [2.24, 2.45) is 0 Å². The quantitative estimate of drug-likeness (QED) is 0.0318. The van der Waals surface area contributed by atoms with Crippen LogP contribution < -0.4 is 5.32 Å². The van der Waals surface area contributed by atoms with Crippen molar-refractivity contribution >= 4 is 19.7 Å². The predicted octanol–water partition coefficient (Wildman–Crippen LogP) is 12.1. The maximum atomic E-state index is 12.1. The highest BCUT2D eigenvalue weighted by atomic mass is 31.2. The van der Waals surface area contributed by atoms with Crippen LogP contribution in [0.3, 0.4) is 0 Å². The topological polar surface area (TPSA) is 131 Å². The highest BCUT2D eigenvalue weighted by Crippen LogP contribution is 2.42. The summed E-state index contributed by atoms with van der Waals surface area (Å²) in [5.74, 6) is -0.509. The highest BCUT2D eigenvalue weighted by molar-refractivity contribution is 7.47. The van der Waals surface area contributed by atoms with Crippen molar-refractivity contribution in [1.29, 1.82) is 0 Å². The largest absolute Gasteiger partial charge is 0.472 e. The molecule has 0 saturated carbocycles. The number of ether oxygens (including phenoxy) is 1. The summed E-state index contributed by atoms with van der Waals surface area (Å²) >= 11 is 0. The summed E-state index contributed by atoms with van der Waals surface area (Å²) in [7, 11) is -4.40. The molecule has 9 nitrogen and oxygen atoms in total. The van der Waals surface area contributed by atoms with Gasteiger partial charge in [-0.15, -0.1) is 0 Å². The first-order valence-corrected chi connectivity index (χ1v) is 23.5. The van der Waals surface area contributed by atoms with Gasteiger partial charge < -0.3 is 20.1 Å². The van der Waals surface area contributed by atoms with E-state index >= 15 is 0 Å². The van der Waals surface area contributed by atoms with Gasteiger partial charge >= 0.3 is 13.8 Å². The molecule has 0 aliphatic rings. The van der Waals surface area contributed by atoms with E-state index in [0.717, 1.165) is 38.5 Å². The van der Waals surface area contributed by atoms with Gasteiger partial charge in [0.05, 0.1) is 13.2 Å². The van der Waals surface area contributed by atoms with Crippen molar-refractivity contribution in [3.63, 3.8) is 0 Å². The number of aliphatic hydroxyl groups is 1. The smallest absolute Gasteiger partial charge is 0.463 e. The van der Waals surface area contributed by atoms with Crippen molar-refractivity contribution in [1.82, 2.24) is 5.32 Å². The van der Waals surface area contributed by atoms with Gasteiger partial charge in [-0.25, -0.2) is 4.57 Å². The third kappa shape index (κ3) is 40.2. The average Bonchev–Trinajstić information content (AvgIpc) is 3.13. The standard InChI is InChI=1S/C42H84NO8P/c1-3-5-7-9-11-13-14-15-16-17-18-19-20-21-22-23-24-25-26-27-28-30-32-34-41(45)43-36-37-50-52(47,48)51-39-40(44)38-49-42(46)35-33-31-29-12-10-8-6-4-2/h40,44H,3-39H2,1-2H3,(H,43,45)(H,47,48). The van der Waals surface area contributed by atoms with E-state index in [1.807, 2.05) is 0 Å². The Kier molecular flexibility index (Phi) is 38.9. The zero-order valence-electron chi connectivity index (χ0n) is 34.0. The van der Waals surface area contributed by atoms with Crippen LogP contribution in [0.1, 0.15) is 226 Å². The first-order chi connectivity index (χ1) is 25.3. The minimum Gasteiger partial charge on any atom is -0.463 e. The van der Waals surface area contributed by atoms with Crippen LogP contribution in [0, 0.1) is 0 Å². The molecule has 0 aromatic rings. The Morgan fingerprint density at radius 1 is 0.519 bits per heavy atom. The Hall–Kier alpha value is -0.990. The molecule has 0 radical (unpaired) electrons. The Labute approximate surface area is 320 Å². The Bertz CT molecular complexity index is 830. The zero-order valence-corrected chi connectivity index (χ0v) is 34.9. The van der Waals surface area contributed by atoms with E-state index in [-0.39, 0.29) is 32.1 Å². The molecule has 10 heteroatoms. The summed E-state index contributed by atoms with van der Waals surface area (Å²) in [6, 6.07) is 0. The van der Waals surface area contributed by atoms with Gasteiger partial charge in [0, 0.05) is 19.4 Å². The van der Waals surface area contributed by atoms with Crippen LogP contribution >= 0.6 is 7.82 Å². The lowest BCUT2D eigenvalue weighted by Crippen LogP contribution is -2.27. The predicted molar refractivity (Wildman–Crippen MR) is 215 cm³/mol. The number of phosphoric ester groups is 1. The molecule has 0 spiro atoms. The van der Waals surface area contributed by atoms with Crippen molar-refractivity contribution < 1.29 is 37.9 Å². The van der Waals surface area contributed by atoms with Crippen LogP contribution in [0.4, 0.5) is 0 Å². The van der Waals surface area contributed by atoms with Crippen LogP contribution in [0.25, 0.3) is 0 Å². The summed E-state index contributed by atoms with van der Waals surface area (Å²) in [5.41, 5.74) is 0. The minimum absolute atomic E-state index is 0.0883. The number of amides is 1. The first-order valence-electron chi connectivity index (χ1n) is 22.0. The third-order valence-corrected chi connectivity index (χ3v) is 10.8. The number of nitrogens with one attached hydrogen (secondary N) is 1. The normalized spacial score (nSPS) is 13.2. The SMILES string of the molecule is CCCCCCCCCCCCCCCCCCCCCCCCCC(=O)NCCOP(=O)(O)OCC(O)COC(=O)CCCCCCCCCC. The van der Waals surface area contributed by atoms with Gasteiger partial charge in [-0.2, -0.15) is 0 Å². The van der Waals surface area contributed by atoms with Crippen LogP contribution in [-0.4, -0.2) is 54.3 Å². The lowest BCUT2D eigenvalue weighted by Gasteiger charge is -2.15. The number of unbranched alkanes of at least 4 members (excludes halogenated alkanes) is 29. The fraction of sp³-hybridized carbons (Fsp3) is 0.952. The molecular formula is C42H84NO8P. The summed E-state index contributed by atoms with van der Waals surface area (Å²) in [6.07, 6.45) is 39.2. The molecule has 0 aromatic carbocycles. The molecule has 0 aliphatic heterocycles. The summed E-state index contributed by atoms with van der Waals surface area (Å²) in [6.45, 7) is 3.55. The Morgan fingerprint density at radius 3 is 1.25 bits per heavy atom. The van der Waals surface area contributed by atoms with Crippen LogP contribution in [0.5, 0.6) is 0 Å². The van der Waals surface area contributed by atoms with Gasteiger partial charge in [0.1, 0.15) is 12.7 Å². The number of hydrogen-bond acceptors (Lipinski definition) is 7. The van der Waals surface area contributed by atoms with Crippen LogP contribution in [-0.2, 0) is 27.9 Å². The van der Waals surface area contributed by atoms with E-state index in [4.69, 9.17) is 13.8 Å². The second kappa shape index (κ2) is 39.7. The maximum absolute atomic E-state index is 12.1. The molecule has 2 atom stereocenters. The van der Waals surface area contributed by atoms with Gasteiger partial charge in [0.15, 0.2) is 0 Å². The molecule has 0 aromatic heterocycles. The first kappa shape index (κ1) is 51.0. The van der Waals surface area contributed by atoms with Gasteiger partial charge in [0.2, 0.25) is 5.91 Å². The molecule has 0 bridgehead atoms. The minimum atomic E-state index is -4.40. The van der Waals surface area contributed by atoms with E-state index < -0.39 is 26.5 Å². The van der Waals surface area contributed by atoms with E-state index in [1.165, 1.54) is 161 Å². The lowest BCUT2D eigenvalue weighted by atomic mass is 10.0. The monoisotopic (exact) mass is 762 g/mol. The molecule has 1 amide bonds. The fourth-order valence-electron chi connectivity index (χ4n) is 6.44. The molecule has 52 heavy (non-hydrogen) atoms. The van der Waals surface area contributed by atoms with E-state index in [9.17, 15) is 24.2 Å². The molecule has 2 unspecified atom stereocenters. The van der Waals surface area contributed by atoms with E-state index in [2.05, 4.69) is 19.2 Å². The molecule has 0 aliphatic carbocycles. The summed E-state index contributed by atoms with van der Waals surface area (Å²) < 4.78 is 26.8. The van der Waals surface area contributed by atoms with Crippen molar-refractivity contribution in [3.05, 3.63) is 0 Å². The Balaban J connectivity index is 3.48. The average molecular weight is 762 g/mol. The molecule has 0 heterocycles. The molecule has 0 saturated heterocycles. The second-order valence-corrected chi connectivity index (χ2v) is 16.5. The number of esters is 1. The van der Waals surface area contributed by atoms with Gasteiger partial charge in [0.25, 0.3) is 0 Å². The Morgan fingerprint density at radius 2 is 0.865 bits per heavy atom. The molecule has 310 valence electrons. The number of carbonyl (C=O) groups excluding carboxylic acids is 2. The zero-order chi connectivity index (χ0) is 38.2. The van der Waals surface area contributed by atoms with Crippen molar-refractivity contribution in [2.75, 3.05) is 26.4 Å². The molecular weight excluding hydrogens is 677 g/mol. The molecule has 3 N–H and O–H groups in total. The van der Waals surface area contributed by atoms with Crippen LogP contribution in [0.15, 0.2) is 0 Å².